The van der Waals surface area contributed by atoms with Crippen LogP contribution < -0.4 is 11.2 Å². The van der Waals surface area contributed by atoms with Crippen molar-refractivity contribution >= 4 is 16.9 Å². The number of hydrogen-bond acceptors (Lipinski definition) is 5. The molecule has 2 atom stereocenters. The maximum atomic E-state index is 13.4. The zero-order valence-corrected chi connectivity index (χ0v) is 17.9. The summed E-state index contributed by atoms with van der Waals surface area (Å²) in [6.07, 6.45) is 0.693. The molecular formula is C24H26FN3O4. The molecule has 0 radical (unpaired) electrons. The molecule has 1 unspecified atom stereocenters. The highest BCUT2D eigenvalue weighted by molar-refractivity contribution is 5.77. The Morgan fingerprint density at radius 2 is 1.88 bits per heavy atom. The van der Waals surface area contributed by atoms with Gasteiger partial charge in [-0.05, 0) is 55.6 Å². The number of esters is 1. The number of fused-ring (bicyclic) bond motifs is 1. The van der Waals surface area contributed by atoms with E-state index in [0.29, 0.717) is 37.0 Å². The number of carbonyl (C=O) groups excluding carboxylic acids is 1. The normalized spacial score (nSPS) is 19.2. The number of ether oxygens (including phenoxy) is 1. The van der Waals surface area contributed by atoms with E-state index in [4.69, 9.17) is 4.74 Å². The number of aromatic nitrogens is 2. The van der Waals surface area contributed by atoms with Crippen molar-refractivity contribution in [1.29, 1.82) is 0 Å². The van der Waals surface area contributed by atoms with Crippen molar-refractivity contribution < 1.29 is 13.9 Å². The van der Waals surface area contributed by atoms with Gasteiger partial charge in [0.2, 0.25) is 0 Å². The lowest BCUT2D eigenvalue weighted by Crippen LogP contribution is -2.46. The van der Waals surface area contributed by atoms with E-state index < -0.39 is 11.6 Å². The highest BCUT2D eigenvalue weighted by Gasteiger charge is 2.36. The lowest BCUT2D eigenvalue weighted by molar-refractivity contribution is -0.150. The molecule has 0 bridgehead atoms. The van der Waals surface area contributed by atoms with Gasteiger partial charge in [0, 0.05) is 19.6 Å². The lowest BCUT2D eigenvalue weighted by Gasteiger charge is -2.37. The van der Waals surface area contributed by atoms with Crippen LogP contribution in [0.2, 0.25) is 0 Å². The van der Waals surface area contributed by atoms with E-state index in [-0.39, 0.29) is 36.4 Å². The van der Waals surface area contributed by atoms with Gasteiger partial charge in [-0.1, -0.05) is 24.3 Å². The number of nitrogens with zero attached hydrogens (tertiary/aromatic N) is 2. The van der Waals surface area contributed by atoms with Gasteiger partial charge in [0.25, 0.3) is 5.56 Å². The number of likely N-dealkylation sites (tertiary alicyclic amines) is 1. The van der Waals surface area contributed by atoms with Crippen LogP contribution in [-0.4, -0.2) is 46.7 Å². The summed E-state index contributed by atoms with van der Waals surface area (Å²) in [6, 6.07) is 13.2. The average molecular weight is 439 g/mol. The van der Waals surface area contributed by atoms with Crippen LogP contribution in [0, 0.1) is 11.7 Å². The molecule has 32 heavy (non-hydrogen) atoms. The van der Waals surface area contributed by atoms with Crippen molar-refractivity contribution in [3.8, 4) is 0 Å². The molecule has 0 aliphatic carbocycles. The number of halogens is 1. The molecule has 8 heteroatoms. The first-order chi connectivity index (χ1) is 15.5. The number of carbonyl (C=O) groups is 1. The summed E-state index contributed by atoms with van der Waals surface area (Å²) in [4.78, 5) is 42.7. The monoisotopic (exact) mass is 439 g/mol. The van der Waals surface area contributed by atoms with Crippen molar-refractivity contribution in [2.45, 2.75) is 25.8 Å². The number of H-pyrrole nitrogens is 1. The van der Waals surface area contributed by atoms with Crippen LogP contribution >= 0.6 is 0 Å². The molecule has 2 aromatic carbocycles. The number of benzene rings is 2. The average Bonchev–Trinajstić information content (AvgIpc) is 2.79. The van der Waals surface area contributed by atoms with E-state index in [0.717, 1.165) is 5.56 Å². The van der Waals surface area contributed by atoms with E-state index in [9.17, 15) is 18.8 Å². The van der Waals surface area contributed by atoms with Gasteiger partial charge >= 0.3 is 11.7 Å². The molecule has 168 valence electrons. The zero-order valence-electron chi connectivity index (χ0n) is 17.9. The molecule has 0 saturated carbocycles. The molecule has 3 aromatic rings. The minimum absolute atomic E-state index is 0.0716. The standard InChI is InChI=1S/C24H26FN3O4/c1-2-32-23(30)20-15-27(12-11-18(20)16-7-9-17(25)10-8-16)13-14-28-22(29)19-5-3-4-6-21(19)26-24(28)31/h3-10,18,20H,2,11-15H2,1H3,(H,26,31)/t18-,20?/m0/s1. The van der Waals surface area contributed by atoms with Crippen LogP contribution in [0.5, 0.6) is 0 Å². The van der Waals surface area contributed by atoms with Crippen molar-refractivity contribution in [3.05, 3.63) is 80.7 Å². The Morgan fingerprint density at radius 3 is 2.62 bits per heavy atom. The number of para-hydroxylation sites is 1. The SMILES string of the molecule is CCOC(=O)C1CN(CCn2c(=O)[nH]c3ccccc3c2=O)CC[C@H]1c1ccc(F)cc1. The van der Waals surface area contributed by atoms with Gasteiger partial charge in [0.05, 0.1) is 23.4 Å². The Bertz CT molecular complexity index is 1220. The third-order valence-corrected chi connectivity index (χ3v) is 6.11. The van der Waals surface area contributed by atoms with Gasteiger partial charge in [-0.2, -0.15) is 0 Å². The molecule has 1 aliphatic heterocycles. The summed E-state index contributed by atoms with van der Waals surface area (Å²) in [5.74, 6) is -1.07. The molecule has 7 nitrogen and oxygen atoms in total. The smallest absolute Gasteiger partial charge is 0.328 e. The Balaban J connectivity index is 1.52. The summed E-state index contributed by atoms with van der Waals surface area (Å²) < 4.78 is 19.9. The van der Waals surface area contributed by atoms with E-state index in [1.807, 2.05) is 0 Å². The summed E-state index contributed by atoms with van der Waals surface area (Å²) in [5, 5.41) is 0.464. The van der Waals surface area contributed by atoms with Gasteiger partial charge in [0.15, 0.2) is 0 Å². The van der Waals surface area contributed by atoms with E-state index in [2.05, 4.69) is 9.88 Å². The Labute approximate surface area is 184 Å². The summed E-state index contributed by atoms with van der Waals surface area (Å²) in [7, 11) is 0. The molecule has 0 amide bonds. The Morgan fingerprint density at radius 1 is 1.12 bits per heavy atom. The fourth-order valence-electron chi connectivity index (χ4n) is 4.46. The Hall–Kier alpha value is -3.26. The largest absolute Gasteiger partial charge is 0.466 e. The van der Waals surface area contributed by atoms with E-state index >= 15 is 0 Å². The molecular weight excluding hydrogens is 413 g/mol. The van der Waals surface area contributed by atoms with E-state index in [1.54, 1.807) is 43.3 Å². The number of hydrogen-bond donors (Lipinski definition) is 1. The molecule has 0 spiro atoms. The topological polar surface area (TPSA) is 84.4 Å². The second-order valence-electron chi connectivity index (χ2n) is 8.04. The molecule has 1 N–H and O–H groups in total. The third kappa shape index (κ3) is 4.50. The van der Waals surface area contributed by atoms with Gasteiger partial charge in [0.1, 0.15) is 5.82 Å². The van der Waals surface area contributed by atoms with Crippen molar-refractivity contribution in [2.24, 2.45) is 5.92 Å². The highest BCUT2D eigenvalue weighted by Crippen LogP contribution is 2.34. The van der Waals surface area contributed by atoms with Crippen LogP contribution in [0.1, 0.15) is 24.8 Å². The lowest BCUT2D eigenvalue weighted by atomic mass is 9.80. The van der Waals surface area contributed by atoms with Crippen molar-refractivity contribution in [1.82, 2.24) is 14.5 Å². The third-order valence-electron chi connectivity index (χ3n) is 6.11. The summed E-state index contributed by atoms with van der Waals surface area (Å²) >= 11 is 0. The van der Waals surface area contributed by atoms with Crippen LogP contribution in [0.3, 0.4) is 0 Å². The van der Waals surface area contributed by atoms with Crippen LogP contribution in [-0.2, 0) is 16.1 Å². The van der Waals surface area contributed by atoms with Crippen LogP contribution in [0.25, 0.3) is 10.9 Å². The quantitative estimate of drug-likeness (QED) is 0.597. The second kappa shape index (κ2) is 9.48. The molecule has 1 aliphatic rings. The van der Waals surface area contributed by atoms with Crippen LogP contribution in [0.15, 0.2) is 58.1 Å². The number of rotatable bonds is 6. The first kappa shape index (κ1) is 22.0. The maximum Gasteiger partial charge on any atom is 0.328 e. The first-order valence-electron chi connectivity index (χ1n) is 10.8. The zero-order chi connectivity index (χ0) is 22.7. The van der Waals surface area contributed by atoms with Crippen molar-refractivity contribution in [3.63, 3.8) is 0 Å². The highest BCUT2D eigenvalue weighted by atomic mass is 19.1. The second-order valence-corrected chi connectivity index (χ2v) is 8.04. The van der Waals surface area contributed by atoms with E-state index in [1.165, 1.54) is 16.7 Å². The number of piperidine rings is 1. The Kier molecular flexibility index (Phi) is 6.50. The molecule has 1 fully saturated rings. The van der Waals surface area contributed by atoms with Gasteiger partial charge in [-0.15, -0.1) is 0 Å². The predicted molar refractivity (Wildman–Crippen MR) is 119 cm³/mol. The molecule has 4 rings (SSSR count). The number of nitrogens with one attached hydrogen (secondary N) is 1. The fourth-order valence-corrected chi connectivity index (χ4v) is 4.46. The molecule has 1 saturated heterocycles. The maximum absolute atomic E-state index is 13.4. The summed E-state index contributed by atoms with van der Waals surface area (Å²) in [6.45, 7) is 3.86. The van der Waals surface area contributed by atoms with Crippen LogP contribution in [0.4, 0.5) is 4.39 Å². The minimum atomic E-state index is -0.447. The first-order valence-corrected chi connectivity index (χ1v) is 10.8. The number of aromatic amines is 1. The molecule has 1 aromatic heterocycles. The predicted octanol–water partition coefficient (Wildman–Crippen LogP) is 2.50. The van der Waals surface area contributed by atoms with Crippen molar-refractivity contribution in [2.75, 3.05) is 26.2 Å². The van der Waals surface area contributed by atoms with Gasteiger partial charge < -0.3 is 14.6 Å². The summed E-state index contributed by atoms with van der Waals surface area (Å²) in [5.41, 5.74) is 0.650. The minimum Gasteiger partial charge on any atom is -0.466 e. The van der Waals surface area contributed by atoms with Gasteiger partial charge in [-0.25, -0.2) is 9.18 Å². The fraction of sp³-hybridized carbons (Fsp3) is 0.375. The van der Waals surface area contributed by atoms with Gasteiger partial charge in [-0.3, -0.25) is 14.2 Å². The molecule has 2 heterocycles.